The first-order valence-electron chi connectivity index (χ1n) is 6.35. The van der Waals surface area contributed by atoms with E-state index in [0.29, 0.717) is 22.3 Å². The molecule has 0 aliphatic heterocycles. The second kappa shape index (κ2) is 7.36. The minimum atomic E-state index is -0.233. The molecule has 0 fully saturated rings. The second-order valence-electron chi connectivity index (χ2n) is 5.04. The molecule has 0 aromatic heterocycles. The Balaban J connectivity index is 2.45. The predicted molar refractivity (Wildman–Crippen MR) is 79.4 cm³/mol. The molecule has 0 saturated heterocycles. The molecule has 4 nitrogen and oxygen atoms in total. The lowest BCUT2D eigenvalue weighted by molar-refractivity contribution is -0.122. The van der Waals surface area contributed by atoms with Gasteiger partial charge in [0.2, 0.25) is 5.91 Å². The van der Waals surface area contributed by atoms with Crippen LogP contribution in [0.25, 0.3) is 0 Å². The van der Waals surface area contributed by atoms with Crippen LogP contribution >= 0.6 is 11.6 Å². The van der Waals surface area contributed by atoms with E-state index >= 15 is 0 Å². The zero-order valence-corrected chi connectivity index (χ0v) is 12.3. The molecule has 1 rings (SSSR count). The fourth-order valence-corrected chi connectivity index (χ4v) is 1.94. The number of hydrogen-bond acceptors (Lipinski definition) is 3. The summed E-state index contributed by atoms with van der Waals surface area (Å²) >= 11 is 5.96. The van der Waals surface area contributed by atoms with Gasteiger partial charge in [-0.15, -0.1) is 0 Å². The molecule has 1 amide bonds. The van der Waals surface area contributed by atoms with Crippen LogP contribution < -0.4 is 11.1 Å². The number of nitrogens with two attached hydrogens (primary N) is 1. The van der Waals surface area contributed by atoms with E-state index in [1.807, 2.05) is 6.92 Å². The fourth-order valence-electron chi connectivity index (χ4n) is 1.77. The molecule has 0 aliphatic carbocycles. The molecule has 3 N–H and O–H groups in total. The van der Waals surface area contributed by atoms with Crippen LogP contribution in [0.5, 0.6) is 0 Å². The highest BCUT2D eigenvalue weighted by Crippen LogP contribution is 2.23. The van der Waals surface area contributed by atoms with Crippen LogP contribution in [-0.2, 0) is 9.53 Å². The second-order valence-corrected chi connectivity index (χ2v) is 5.45. The number of nitrogen functional groups attached to an aromatic ring is 1. The summed E-state index contributed by atoms with van der Waals surface area (Å²) in [4.78, 5) is 11.7. The standard InChI is InChI=1S/C14H21ClN2O2/c1-9(2)6-10(3)19-8-14(18)17-13-7-11(16)4-5-12(13)15/h4-5,7,9-10H,6,8,16H2,1-3H3,(H,17,18). The highest BCUT2D eigenvalue weighted by atomic mass is 35.5. The molecule has 19 heavy (non-hydrogen) atoms. The third-order valence-corrected chi connectivity index (χ3v) is 2.90. The van der Waals surface area contributed by atoms with Crippen LogP contribution in [0.4, 0.5) is 11.4 Å². The summed E-state index contributed by atoms with van der Waals surface area (Å²) in [6, 6.07) is 4.95. The van der Waals surface area contributed by atoms with E-state index in [-0.39, 0.29) is 18.6 Å². The van der Waals surface area contributed by atoms with Gasteiger partial charge in [0.15, 0.2) is 0 Å². The summed E-state index contributed by atoms with van der Waals surface area (Å²) in [5.74, 6) is 0.310. The maximum Gasteiger partial charge on any atom is 0.250 e. The Morgan fingerprint density at radius 2 is 2.11 bits per heavy atom. The van der Waals surface area contributed by atoms with Gasteiger partial charge in [0.1, 0.15) is 6.61 Å². The maximum absolute atomic E-state index is 11.7. The highest BCUT2D eigenvalue weighted by molar-refractivity contribution is 6.33. The molecular formula is C14H21ClN2O2. The van der Waals surface area contributed by atoms with Crippen molar-refractivity contribution in [3.8, 4) is 0 Å². The molecule has 0 saturated carbocycles. The molecule has 0 heterocycles. The van der Waals surface area contributed by atoms with Crippen molar-refractivity contribution < 1.29 is 9.53 Å². The van der Waals surface area contributed by atoms with Gasteiger partial charge in [0.05, 0.1) is 16.8 Å². The van der Waals surface area contributed by atoms with Crippen LogP contribution in [0.3, 0.4) is 0 Å². The first-order chi connectivity index (χ1) is 8.88. The van der Waals surface area contributed by atoms with Crippen LogP contribution in [0.2, 0.25) is 5.02 Å². The van der Waals surface area contributed by atoms with Crippen molar-refractivity contribution in [1.82, 2.24) is 0 Å². The van der Waals surface area contributed by atoms with Crippen molar-refractivity contribution in [3.63, 3.8) is 0 Å². The zero-order valence-electron chi connectivity index (χ0n) is 11.6. The quantitative estimate of drug-likeness (QED) is 0.788. The summed E-state index contributed by atoms with van der Waals surface area (Å²) in [6.45, 7) is 6.21. The minimum Gasteiger partial charge on any atom is -0.399 e. The normalized spacial score (nSPS) is 12.5. The lowest BCUT2D eigenvalue weighted by atomic mass is 10.1. The predicted octanol–water partition coefficient (Wildman–Crippen LogP) is 3.31. The summed E-state index contributed by atoms with van der Waals surface area (Å²) in [5.41, 5.74) is 6.70. The zero-order chi connectivity index (χ0) is 14.4. The van der Waals surface area contributed by atoms with E-state index in [1.165, 1.54) is 0 Å². The van der Waals surface area contributed by atoms with Gasteiger partial charge in [-0.25, -0.2) is 0 Å². The van der Waals surface area contributed by atoms with E-state index < -0.39 is 0 Å². The lowest BCUT2D eigenvalue weighted by Gasteiger charge is -2.15. The SMILES string of the molecule is CC(C)CC(C)OCC(=O)Nc1cc(N)ccc1Cl. The van der Waals surface area contributed by atoms with E-state index in [4.69, 9.17) is 22.1 Å². The van der Waals surface area contributed by atoms with Gasteiger partial charge >= 0.3 is 0 Å². The van der Waals surface area contributed by atoms with E-state index in [1.54, 1.807) is 18.2 Å². The smallest absolute Gasteiger partial charge is 0.250 e. The van der Waals surface area contributed by atoms with Gasteiger partial charge in [-0.1, -0.05) is 25.4 Å². The molecular weight excluding hydrogens is 264 g/mol. The van der Waals surface area contributed by atoms with Crippen molar-refractivity contribution in [2.45, 2.75) is 33.3 Å². The van der Waals surface area contributed by atoms with Crippen molar-refractivity contribution in [3.05, 3.63) is 23.2 Å². The first-order valence-corrected chi connectivity index (χ1v) is 6.72. The average Bonchev–Trinajstić information content (AvgIpc) is 2.30. The largest absolute Gasteiger partial charge is 0.399 e. The van der Waals surface area contributed by atoms with Crippen LogP contribution in [0, 0.1) is 5.92 Å². The summed E-state index contributed by atoms with van der Waals surface area (Å²) in [6.07, 6.45) is 0.980. The van der Waals surface area contributed by atoms with Crippen molar-refractivity contribution in [2.75, 3.05) is 17.7 Å². The topological polar surface area (TPSA) is 64.3 Å². The highest BCUT2D eigenvalue weighted by Gasteiger charge is 2.10. The molecule has 0 spiro atoms. The van der Waals surface area contributed by atoms with Crippen LogP contribution in [-0.4, -0.2) is 18.6 Å². The number of amides is 1. The van der Waals surface area contributed by atoms with Crippen molar-refractivity contribution in [1.29, 1.82) is 0 Å². The Morgan fingerprint density at radius 1 is 1.42 bits per heavy atom. The van der Waals surface area contributed by atoms with Gasteiger partial charge in [-0.05, 0) is 37.5 Å². The third-order valence-electron chi connectivity index (χ3n) is 2.57. The monoisotopic (exact) mass is 284 g/mol. The molecule has 0 aliphatic rings. The third kappa shape index (κ3) is 5.94. The number of nitrogens with one attached hydrogen (secondary N) is 1. The lowest BCUT2D eigenvalue weighted by Crippen LogP contribution is -2.22. The minimum absolute atomic E-state index is 0.0129. The first kappa shape index (κ1) is 15.8. The molecule has 5 heteroatoms. The van der Waals surface area contributed by atoms with E-state index in [2.05, 4.69) is 19.2 Å². The molecule has 1 atom stereocenters. The number of hydrogen-bond donors (Lipinski definition) is 2. The summed E-state index contributed by atoms with van der Waals surface area (Å²) < 4.78 is 5.47. The van der Waals surface area contributed by atoms with E-state index in [0.717, 1.165) is 6.42 Å². The number of rotatable bonds is 6. The van der Waals surface area contributed by atoms with Crippen LogP contribution in [0.1, 0.15) is 27.2 Å². The Labute approximate surface area is 119 Å². The number of anilines is 2. The van der Waals surface area contributed by atoms with Crippen LogP contribution in [0.15, 0.2) is 18.2 Å². The number of halogens is 1. The molecule has 1 aromatic rings. The molecule has 106 valence electrons. The fraction of sp³-hybridized carbons (Fsp3) is 0.500. The molecule has 0 bridgehead atoms. The number of benzene rings is 1. The van der Waals surface area contributed by atoms with E-state index in [9.17, 15) is 4.79 Å². The molecule has 1 unspecified atom stereocenters. The van der Waals surface area contributed by atoms with Gasteiger partial charge in [0, 0.05) is 5.69 Å². The van der Waals surface area contributed by atoms with Gasteiger partial charge < -0.3 is 15.8 Å². The van der Waals surface area contributed by atoms with Gasteiger partial charge in [-0.2, -0.15) is 0 Å². The number of carbonyl (C=O) groups is 1. The number of carbonyl (C=O) groups excluding carboxylic acids is 1. The Hall–Kier alpha value is -1.26. The molecule has 1 aromatic carbocycles. The van der Waals surface area contributed by atoms with Crippen molar-refractivity contribution >= 4 is 28.9 Å². The van der Waals surface area contributed by atoms with Gasteiger partial charge in [-0.3, -0.25) is 4.79 Å². The Kier molecular flexibility index (Phi) is 6.12. The Bertz CT molecular complexity index is 435. The average molecular weight is 285 g/mol. The number of ether oxygens (including phenoxy) is 1. The van der Waals surface area contributed by atoms with Gasteiger partial charge in [0.25, 0.3) is 0 Å². The molecule has 0 radical (unpaired) electrons. The van der Waals surface area contributed by atoms with Crippen molar-refractivity contribution in [2.24, 2.45) is 5.92 Å². The summed E-state index contributed by atoms with van der Waals surface area (Å²) in [7, 11) is 0. The Morgan fingerprint density at radius 3 is 2.74 bits per heavy atom. The summed E-state index contributed by atoms with van der Waals surface area (Å²) in [5, 5.41) is 3.14. The maximum atomic E-state index is 11.7.